The molecule has 144 valence electrons. The lowest BCUT2D eigenvalue weighted by Gasteiger charge is -2.30. The second-order valence-electron chi connectivity index (χ2n) is 7.33. The van der Waals surface area contributed by atoms with Gasteiger partial charge in [-0.1, -0.05) is 37.3 Å². The maximum absolute atomic E-state index is 11.3. The molecule has 27 heavy (non-hydrogen) atoms. The van der Waals surface area contributed by atoms with Gasteiger partial charge in [-0.05, 0) is 72.9 Å². The summed E-state index contributed by atoms with van der Waals surface area (Å²) in [5.41, 5.74) is 5.35. The van der Waals surface area contributed by atoms with Gasteiger partial charge in [0, 0.05) is 18.0 Å². The van der Waals surface area contributed by atoms with Crippen LogP contribution in [0, 0.1) is 12.8 Å². The van der Waals surface area contributed by atoms with E-state index >= 15 is 0 Å². The van der Waals surface area contributed by atoms with Crippen LogP contribution < -0.4 is 0 Å². The highest BCUT2D eigenvalue weighted by Crippen LogP contribution is 2.33. The standard InChI is InChI=1S/C23H29NO2S/c1-3-18-8-4-5-10-20(18)21(22-17(2)12-15-27-22)11-7-14-24-13-6-9-19(16-24)23(25)26/h4-5,8,10-12,15,19H,3,6-7,9,13-14,16H2,1-2H3,(H,25,26)/b21-11-. The van der Waals surface area contributed by atoms with Crippen LogP contribution in [-0.2, 0) is 11.2 Å². The fourth-order valence-electron chi connectivity index (χ4n) is 3.92. The van der Waals surface area contributed by atoms with E-state index in [1.165, 1.54) is 27.1 Å². The van der Waals surface area contributed by atoms with Gasteiger partial charge in [0.05, 0.1) is 5.92 Å². The minimum Gasteiger partial charge on any atom is -0.481 e. The molecule has 1 N–H and O–H groups in total. The van der Waals surface area contributed by atoms with E-state index in [4.69, 9.17) is 0 Å². The van der Waals surface area contributed by atoms with Crippen LogP contribution >= 0.6 is 11.3 Å². The number of aliphatic carboxylic acids is 1. The number of piperidine rings is 1. The molecule has 0 spiro atoms. The van der Waals surface area contributed by atoms with Crippen molar-refractivity contribution in [2.75, 3.05) is 19.6 Å². The molecule has 1 fully saturated rings. The van der Waals surface area contributed by atoms with Crippen LogP contribution in [-0.4, -0.2) is 35.6 Å². The third kappa shape index (κ3) is 4.88. The van der Waals surface area contributed by atoms with Crippen molar-refractivity contribution in [1.29, 1.82) is 0 Å². The molecule has 1 aromatic heterocycles. The summed E-state index contributed by atoms with van der Waals surface area (Å²) in [6.07, 6.45) is 6.11. The minimum absolute atomic E-state index is 0.206. The fourth-order valence-corrected chi connectivity index (χ4v) is 4.90. The van der Waals surface area contributed by atoms with Crippen molar-refractivity contribution in [1.82, 2.24) is 4.90 Å². The SMILES string of the molecule is CCc1ccccc1/C(=C/CCN1CCCC(C(=O)O)C1)c1sccc1C. The van der Waals surface area contributed by atoms with Gasteiger partial charge in [-0.2, -0.15) is 0 Å². The van der Waals surface area contributed by atoms with E-state index in [0.717, 1.165) is 38.8 Å². The fraction of sp³-hybridized carbons (Fsp3) is 0.435. The molecule has 1 aliphatic rings. The Balaban J connectivity index is 1.79. The Hall–Kier alpha value is -1.91. The first-order valence-electron chi connectivity index (χ1n) is 9.88. The van der Waals surface area contributed by atoms with Crippen LogP contribution in [0.15, 0.2) is 41.8 Å². The van der Waals surface area contributed by atoms with Crippen molar-refractivity contribution in [3.63, 3.8) is 0 Å². The van der Waals surface area contributed by atoms with E-state index in [0.29, 0.717) is 6.54 Å². The van der Waals surface area contributed by atoms with Crippen molar-refractivity contribution in [3.05, 3.63) is 63.4 Å². The summed E-state index contributed by atoms with van der Waals surface area (Å²) in [4.78, 5) is 14.9. The number of carboxylic acid groups (broad SMARTS) is 1. The van der Waals surface area contributed by atoms with Gasteiger partial charge in [0.15, 0.2) is 0 Å². The maximum Gasteiger partial charge on any atom is 0.307 e. The third-order valence-corrected chi connectivity index (χ3v) is 6.49. The first-order chi connectivity index (χ1) is 13.1. The smallest absolute Gasteiger partial charge is 0.307 e. The summed E-state index contributed by atoms with van der Waals surface area (Å²) in [5, 5.41) is 11.5. The second kappa shape index (κ2) is 9.34. The van der Waals surface area contributed by atoms with Crippen LogP contribution in [0.4, 0.5) is 0 Å². The van der Waals surface area contributed by atoms with Gasteiger partial charge in [-0.25, -0.2) is 0 Å². The number of likely N-dealkylation sites (tertiary alicyclic amines) is 1. The Morgan fingerprint density at radius 1 is 1.33 bits per heavy atom. The van der Waals surface area contributed by atoms with Gasteiger partial charge >= 0.3 is 5.97 Å². The Morgan fingerprint density at radius 2 is 2.15 bits per heavy atom. The number of nitrogens with zero attached hydrogens (tertiary/aromatic N) is 1. The summed E-state index contributed by atoms with van der Waals surface area (Å²) in [7, 11) is 0. The molecular weight excluding hydrogens is 354 g/mol. The topological polar surface area (TPSA) is 40.5 Å². The van der Waals surface area contributed by atoms with E-state index in [9.17, 15) is 9.90 Å². The molecule has 3 nitrogen and oxygen atoms in total. The Labute approximate surface area is 166 Å². The summed E-state index contributed by atoms with van der Waals surface area (Å²) in [6, 6.07) is 10.9. The summed E-state index contributed by atoms with van der Waals surface area (Å²) < 4.78 is 0. The molecule has 0 aliphatic carbocycles. The van der Waals surface area contributed by atoms with E-state index in [-0.39, 0.29) is 5.92 Å². The largest absolute Gasteiger partial charge is 0.481 e. The van der Waals surface area contributed by atoms with Crippen LogP contribution in [0.2, 0.25) is 0 Å². The third-order valence-electron chi connectivity index (χ3n) is 5.44. The number of aryl methyl sites for hydroxylation is 2. The average molecular weight is 384 g/mol. The number of hydrogen-bond acceptors (Lipinski definition) is 3. The van der Waals surface area contributed by atoms with Crippen molar-refractivity contribution >= 4 is 22.9 Å². The zero-order valence-corrected chi connectivity index (χ0v) is 17.1. The first kappa shape index (κ1) is 19.8. The molecule has 1 atom stereocenters. The average Bonchev–Trinajstić information content (AvgIpc) is 3.11. The van der Waals surface area contributed by atoms with Crippen molar-refractivity contribution in [3.8, 4) is 0 Å². The first-order valence-corrected chi connectivity index (χ1v) is 10.8. The van der Waals surface area contributed by atoms with Crippen molar-refractivity contribution in [2.24, 2.45) is 5.92 Å². The van der Waals surface area contributed by atoms with Crippen LogP contribution in [0.5, 0.6) is 0 Å². The summed E-state index contributed by atoms with van der Waals surface area (Å²) in [6.45, 7) is 7.00. The lowest BCUT2D eigenvalue weighted by molar-refractivity contribution is -0.143. The maximum atomic E-state index is 11.3. The lowest BCUT2D eigenvalue weighted by Crippen LogP contribution is -2.39. The molecule has 0 radical (unpaired) electrons. The summed E-state index contributed by atoms with van der Waals surface area (Å²) >= 11 is 1.80. The minimum atomic E-state index is -0.651. The number of carboxylic acids is 1. The molecule has 0 amide bonds. The quantitative estimate of drug-likeness (QED) is 0.711. The number of hydrogen-bond donors (Lipinski definition) is 1. The monoisotopic (exact) mass is 383 g/mol. The highest BCUT2D eigenvalue weighted by molar-refractivity contribution is 7.11. The second-order valence-corrected chi connectivity index (χ2v) is 8.24. The molecule has 1 aliphatic heterocycles. The van der Waals surface area contributed by atoms with Gasteiger partial charge in [0.25, 0.3) is 0 Å². The molecule has 1 unspecified atom stereocenters. The Kier molecular flexibility index (Phi) is 6.86. The van der Waals surface area contributed by atoms with E-state index in [1.807, 2.05) is 0 Å². The van der Waals surface area contributed by atoms with Gasteiger partial charge in [0.2, 0.25) is 0 Å². The van der Waals surface area contributed by atoms with Gasteiger partial charge < -0.3 is 10.0 Å². The van der Waals surface area contributed by atoms with E-state index in [2.05, 4.69) is 60.5 Å². The van der Waals surface area contributed by atoms with E-state index in [1.54, 1.807) is 11.3 Å². The van der Waals surface area contributed by atoms with Gasteiger partial charge in [0.1, 0.15) is 0 Å². The molecule has 2 heterocycles. The predicted molar refractivity (Wildman–Crippen MR) is 113 cm³/mol. The zero-order chi connectivity index (χ0) is 19.2. The summed E-state index contributed by atoms with van der Waals surface area (Å²) in [5.74, 6) is -0.857. The normalized spacial score (nSPS) is 18.6. The van der Waals surface area contributed by atoms with Crippen molar-refractivity contribution < 1.29 is 9.90 Å². The molecule has 2 aromatic rings. The molecular formula is C23H29NO2S. The highest BCUT2D eigenvalue weighted by Gasteiger charge is 2.24. The number of benzene rings is 1. The zero-order valence-electron chi connectivity index (χ0n) is 16.3. The molecule has 0 saturated carbocycles. The van der Waals surface area contributed by atoms with E-state index < -0.39 is 5.97 Å². The van der Waals surface area contributed by atoms with Crippen molar-refractivity contribution in [2.45, 2.75) is 39.5 Å². The lowest BCUT2D eigenvalue weighted by atomic mass is 9.94. The van der Waals surface area contributed by atoms with Crippen LogP contribution in [0.3, 0.4) is 0 Å². The molecule has 0 bridgehead atoms. The van der Waals surface area contributed by atoms with Gasteiger partial charge in [-0.15, -0.1) is 11.3 Å². The Bertz CT molecular complexity index is 808. The number of rotatable bonds is 7. The molecule has 4 heteroatoms. The number of carbonyl (C=O) groups is 1. The Morgan fingerprint density at radius 3 is 2.85 bits per heavy atom. The van der Waals surface area contributed by atoms with Crippen LogP contribution in [0.25, 0.3) is 5.57 Å². The molecule has 1 saturated heterocycles. The highest BCUT2D eigenvalue weighted by atomic mass is 32.1. The molecule has 1 aromatic carbocycles. The van der Waals surface area contributed by atoms with Gasteiger partial charge in [-0.3, -0.25) is 4.79 Å². The molecule has 3 rings (SSSR count). The predicted octanol–water partition coefficient (Wildman–Crippen LogP) is 5.24. The number of thiophene rings is 1. The van der Waals surface area contributed by atoms with Crippen LogP contribution in [0.1, 0.15) is 47.8 Å².